The molecule has 1 aliphatic rings. The van der Waals surface area contributed by atoms with Gasteiger partial charge in [0.05, 0.1) is 31.8 Å². The predicted molar refractivity (Wildman–Crippen MR) is 55.3 cm³/mol. The normalized spacial score (nSPS) is 33.5. The lowest BCUT2D eigenvalue weighted by Crippen LogP contribution is -2.41. The maximum Gasteiger partial charge on any atom is 0.311 e. The molecule has 1 fully saturated rings. The molecule has 0 aromatic rings. The Morgan fingerprint density at radius 1 is 1.60 bits per heavy atom. The van der Waals surface area contributed by atoms with E-state index in [-0.39, 0.29) is 30.7 Å². The number of hydrogen-bond acceptors (Lipinski definition) is 4. The van der Waals surface area contributed by atoms with Crippen LogP contribution < -0.4 is 0 Å². The lowest BCUT2D eigenvalue weighted by molar-refractivity contribution is -0.161. The molecule has 0 aromatic carbocycles. The molecule has 4 atom stereocenters. The third-order valence-corrected chi connectivity index (χ3v) is 3.20. The van der Waals surface area contributed by atoms with E-state index < -0.39 is 0 Å². The zero-order valence-electron chi connectivity index (χ0n) is 9.60. The van der Waals surface area contributed by atoms with Crippen LogP contribution in [0.1, 0.15) is 26.7 Å². The molecule has 1 N–H and O–H groups in total. The molecule has 0 aromatic heterocycles. The second-order valence-corrected chi connectivity index (χ2v) is 4.26. The van der Waals surface area contributed by atoms with Crippen LogP contribution >= 0.6 is 0 Å². The van der Waals surface area contributed by atoms with E-state index in [0.717, 1.165) is 12.8 Å². The van der Waals surface area contributed by atoms with Crippen LogP contribution in [0.5, 0.6) is 0 Å². The van der Waals surface area contributed by atoms with Gasteiger partial charge >= 0.3 is 5.97 Å². The minimum absolute atomic E-state index is 0.0194. The fourth-order valence-corrected chi connectivity index (χ4v) is 1.97. The molecule has 0 aliphatic carbocycles. The molecule has 0 unspecified atom stereocenters. The van der Waals surface area contributed by atoms with Crippen LogP contribution in [-0.4, -0.2) is 37.0 Å². The van der Waals surface area contributed by atoms with E-state index in [9.17, 15) is 4.79 Å². The summed E-state index contributed by atoms with van der Waals surface area (Å²) in [7, 11) is 1.38. The molecule has 4 nitrogen and oxygen atoms in total. The number of carbonyl (C=O) groups is 1. The first kappa shape index (κ1) is 12.5. The Kier molecular flexibility index (Phi) is 4.54. The molecule has 0 radical (unpaired) electrons. The van der Waals surface area contributed by atoms with E-state index >= 15 is 0 Å². The Balaban J connectivity index is 2.54. The van der Waals surface area contributed by atoms with E-state index in [2.05, 4.69) is 11.7 Å². The smallest absolute Gasteiger partial charge is 0.311 e. The van der Waals surface area contributed by atoms with Gasteiger partial charge in [-0.15, -0.1) is 0 Å². The van der Waals surface area contributed by atoms with Crippen LogP contribution in [0.2, 0.25) is 0 Å². The van der Waals surface area contributed by atoms with Crippen molar-refractivity contribution in [2.45, 2.75) is 38.9 Å². The molecular formula is C11H20O4. The molecule has 15 heavy (non-hydrogen) atoms. The van der Waals surface area contributed by atoms with Gasteiger partial charge in [-0.25, -0.2) is 0 Å². The van der Waals surface area contributed by atoms with Crippen molar-refractivity contribution < 1.29 is 19.4 Å². The Morgan fingerprint density at radius 3 is 2.80 bits per heavy atom. The predicted octanol–water partition coefficient (Wildman–Crippen LogP) is 0.972. The van der Waals surface area contributed by atoms with Crippen LogP contribution in [0.25, 0.3) is 0 Å². The fraction of sp³-hybridized carbons (Fsp3) is 0.909. The monoisotopic (exact) mass is 216 g/mol. The van der Waals surface area contributed by atoms with Crippen molar-refractivity contribution in [1.29, 1.82) is 0 Å². The van der Waals surface area contributed by atoms with Gasteiger partial charge < -0.3 is 14.6 Å². The van der Waals surface area contributed by atoms with Crippen molar-refractivity contribution in [3.05, 3.63) is 0 Å². The average Bonchev–Trinajstić information content (AvgIpc) is 2.27. The summed E-state index contributed by atoms with van der Waals surface area (Å²) in [5.74, 6) is -0.140. The van der Waals surface area contributed by atoms with Gasteiger partial charge in [-0.05, 0) is 25.7 Å². The van der Waals surface area contributed by atoms with Crippen LogP contribution in [0.3, 0.4) is 0 Å². The van der Waals surface area contributed by atoms with E-state index in [1.54, 1.807) is 6.92 Å². The summed E-state index contributed by atoms with van der Waals surface area (Å²) in [6.07, 6.45) is 1.58. The first-order valence-corrected chi connectivity index (χ1v) is 5.44. The summed E-state index contributed by atoms with van der Waals surface area (Å²) in [6.45, 7) is 3.88. The summed E-state index contributed by atoms with van der Waals surface area (Å²) < 4.78 is 10.4. The summed E-state index contributed by atoms with van der Waals surface area (Å²) in [5.41, 5.74) is 0. The Hall–Kier alpha value is -0.610. The fourth-order valence-electron chi connectivity index (χ4n) is 1.97. The third kappa shape index (κ3) is 2.92. The van der Waals surface area contributed by atoms with Gasteiger partial charge in [0.25, 0.3) is 0 Å². The van der Waals surface area contributed by atoms with Gasteiger partial charge in [0.1, 0.15) is 0 Å². The Labute approximate surface area is 90.6 Å². The second kappa shape index (κ2) is 5.47. The van der Waals surface area contributed by atoms with Crippen molar-refractivity contribution in [1.82, 2.24) is 0 Å². The van der Waals surface area contributed by atoms with Gasteiger partial charge in [-0.1, -0.05) is 6.92 Å². The van der Waals surface area contributed by atoms with Crippen molar-refractivity contribution in [3.63, 3.8) is 0 Å². The van der Waals surface area contributed by atoms with Crippen LogP contribution in [0.4, 0.5) is 0 Å². The Morgan fingerprint density at radius 2 is 2.27 bits per heavy atom. The lowest BCUT2D eigenvalue weighted by Gasteiger charge is -2.35. The topological polar surface area (TPSA) is 55.8 Å². The maximum atomic E-state index is 11.3. The minimum Gasteiger partial charge on any atom is -0.469 e. The van der Waals surface area contributed by atoms with E-state index in [4.69, 9.17) is 9.84 Å². The number of ether oxygens (including phenoxy) is 2. The highest BCUT2D eigenvalue weighted by Gasteiger charge is 2.34. The second-order valence-electron chi connectivity index (χ2n) is 4.26. The summed E-state index contributed by atoms with van der Waals surface area (Å²) in [5, 5.41) is 9.12. The van der Waals surface area contributed by atoms with E-state index in [0.29, 0.717) is 5.92 Å². The number of methoxy groups -OCH3 is 1. The molecule has 1 rings (SSSR count). The van der Waals surface area contributed by atoms with Crippen molar-refractivity contribution in [3.8, 4) is 0 Å². The molecule has 0 spiro atoms. The van der Waals surface area contributed by atoms with Crippen LogP contribution in [-0.2, 0) is 14.3 Å². The quantitative estimate of drug-likeness (QED) is 0.714. The van der Waals surface area contributed by atoms with Crippen molar-refractivity contribution in [2.24, 2.45) is 11.8 Å². The highest BCUT2D eigenvalue weighted by atomic mass is 16.5. The molecule has 4 heteroatoms. The summed E-state index contributed by atoms with van der Waals surface area (Å²) in [6, 6.07) is 0. The Bertz CT molecular complexity index is 217. The molecule has 0 amide bonds. The number of esters is 1. The highest BCUT2D eigenvalue weighted by Crippen LogP contribution is 2.28. The maximum absolute atomic E-state index is 11.3. The standard InChI is InChI=1S/C11H20O4/c1-7-4-5-9(15-10(7)6-12)8(2)11(13)14-3/h7-10,12H,4-6H2,1-3H3/t7-,8-,9+,10+/m0/s1. The molecule has 0 saturated carbocycles. The number of carbonyl (C=O) groups excluding carboxylic acids is 1. The van der Waals surface area contributed by atoms with Crippen molar-refractivity contribution >= 4 is 5.97 Å². The molecule has 0 bridgehead atoms. The third-order valence-electron chi connectivity index (χ3n) is 3.20. The molecule has 1 saturated heterocycles. The number of rotatable bonds is 3. The number of aliphatic hydroxyl groups excluding tert-OH is 1. The summed E-state index contributed by atoms with van der Waals surface area (Å²) in [4.78, 5) is 11.3. The van der Waals surface area contributed by atoms with Crippen LogP contribution in [0.15, 0.2) is 0 Å². The summed E-state index contributed by atoms with van der Waals surface area (Å²) >= 11 is 0. The zero-order chi connectivity index (χ0) is 11.4. The van der Waals surface area contributed by atoms with Crippen LogP contribution in [0, 0.1) is 11.8 Å². The van der Waals surface area contributed by atoms with E-state index in [1.165, 1.54) is 7.11 Å². The van der Waals surface area contributed by atoms with Crippen molar-refractivity contribution in [2.75, 3.05) is 13.7 Å². The van der Waals surface area contributed by atoms with Gasteiger partial charge in [0.15, 0.2) is 0 Å². The molecule has 1 heterocycles. The highest BCUT2D eigenvalue weighted by molar-refractivity contribution is 5.72. The van der Waals surface area contributed by atoms with Gasteiger partial charge in [-0.3, -0.25) is 4.79 Å². The number of hydrogen-bond donors (Lipinski definition) is 1. The van der Waals surface area contributed by atoms with Gasteiger partial charge in [-0.2, -0.15) is 0 Å². The minimum atomic E-state index is -0.253. The van der Waals surface area contributed by atoms with E-state index in [1.807, 2.05) is 0 Å². The SMILES string of the molecule is COC(=O)[C@@H](C)[C@H]1CC[C@H](C)[C@@H](CO)O1. The largest absolute Gasteiger partial charge is 0.469 e. The lowest BCUT2D eigenvalue weighted by atomic mass is 9.89. The van der Waals surface area contributed by atoms with Gasteiger partial charge in [0.2, 0.25) is 0 Å². The molecule has 1 aliphatic heterocycles. The molecule has 88 valence electrons. The van der Waals surface area contributed by atoms with Gasteiger partial charge in [0, 0.05) is 0 Å². The number of aliphatic hydroxyl groups is 1. The molecular weight excluding hydrogens is 196 g/mol. The first-order valence-electron chi connectivity index (χ1n) is 5.44. The average molecular weight is 216 g/mol. The zero-order valence-corrected chi connectivity index (χ0v) is 9.60. The first-order chi connectivity index (χ1) is 7.10.